The third-order valence-electron chi connectivity index (χ3n) is 4.76. The minimum Gasteiger partial charge on any atom is -0.462 e. The molecule has 1 aliphatic heterocycles. The Balaban J connectivity index is 1.57. The predicted molar refractivity (Wildman–Crippen MR) is 134 cm³/mol. The minimum atomic E-state index is -0.531. The van der Waals surface area contributed by atoms with Gasteiger partial charge in [-0.3, -0.25) is 19.8 Å². The van der Waals surface area contributed by atoms with Crippen molar-refractivity contribution in [1.29, 1.82) is 0 Å². The van der Waals surface area contributed by atoms with Gasteiger partial charge in [-0.25, -0.2) is 4.79 Å². The lowest BCUT2D eigenvalue weighted by molar-refractivity contribution is -0.384. The number of amides is 1. The molecule has 1 aliphatic rings. The Morgan fingerprint density at radius 2 is 1.97 bits per heavy atom. The fraction of sp³-hybridized carbons (Fsp3) is 0.0870. The molecule has 0 saturated carbocycles. The maximum absolute atomic E-state index is 12.9. The van der Waals surface area contributed by atoms with E-state index in [1.54, 1.807) is 43.3 Å². The Hall–Kier alpha value is -3.47. The van der Waals surface area contributed by atoms with Gasteiger partial charge in [0.25, 0.3) is 11.6 Å². The molecular formula is C23H15ClN2O6S2. The normalized spacial score (nSPS) is 14.6. The summed E-state index contributed by atoms with van der Waals surface area (Å²) in [4.78, 5) is 37.1. The summed E-state index contributed by atoms with van der Waals surface area (Å²) in [5.74, 6) is -0.0138. The highest BCUT2D eigenvalue weighted by Gasteiger charge is 2.33. The van der Waals surface area contributed by atoms with Gasteiger partial charge < -0.3 is 9.15 Å². The van der Waals surface area contributed by atoms with Crippen LogP contribution in [0.5, 0.6) is 0 Å². The molecule has 0 radical (unpaired) electrons. The van der Waals surface area contributed by atoms with E-state index in [1.807, 2.05) is 0 Å². The van der Waals surface area contributed by atoms with E-state index in [0.717, 1.165) is 11.8 Å². The van der Waals surface area contributed by atoms with Crippen molar-refractivity contribution in [3.63, 3.8) is 0 Å². The number of hydrogen-bond acceptors (Lipinski definition) is 8. The summed E-state index contributed by atoms with van der Waals surface area (Å²) in [6.07, 6.45) is 1.57. The summed E-state index contributed by atoms with van der Waals surface area (Å²) >= 11 is 12.6. The number of ether oxygens (including phenoxy) is 1. The van der Waals surface area contributed by atoms with Crippen LogP contribution in [0.25, 0.3) is 17.4 Å². The second kappa shape index (κ2) is 9.80. The van der Waals surface area contributed by atoms with Gasteiger partial charge in [0.2, 0.25) is 0 Å². The molecule has 0 atom stereocenters. The largest absolute Gasteiger partial charge is 0.462 e. The Morgan fingerprint density at radius 3 is 2.65 bits per heavy atom. The lowest BCUT2D eigenvalue weighted by Crippen LogP contribution is -2.27. The number of rotatable bonds is 6. The third kappa shape index (κ3) is 4.74. The molecule has 11 heteroatoms. The zero-order chi connectivity index (χ0) is 24.4. The lowest BCUT2D eigenvalue weighted by atomic mass is 10.1. The third-order valence-corrected chi connectivity index (χ3v) is 6.39. The first-order chi connectivity index (χ1) is 16.3. The number of thiocarbonyl (C=S) groups is 1. The van der Waals surface area contributed by atoms with Crippen LogP contribution >= 0.6 is 35.6 Å². The summed E-state index contributed by atoms with van der Waals surface area (Å²) in [7, 11) is 0. The van der Waals surface area contributed by atoms with Crippen LogP contribution in [0.2, 0.25) is 5.02 Å². The van der Waals surface area contributed by atoms with Crippen molar-refractivity contribution in [3.8, 4) is 11.3 Å². The summed E-state index contributed by atoms with van der Waals surface area (Å²) in [5, 5.41) is 11.1. The maximum Gasteiger partial charge on any atom is 0.339 e. The number of anilines is 1. The number of thioether (sulfide) groups is 1. The molecule has 2 aromatic carbocycles. The number of non-ortho nitro benzene ring substituents is 1. The number of nitrogens with zero attached hydrogens (tertiary/aromatic N) is 2. The number of esters is 1. The highest BCUT2D eigenvalue weighted by Crippen LogP contribution is 2.37. The zero-order valence-electron chi connectivity index (χ0n) is 17.5. The van der Waals surface area contributed by atoms with Crippen molar-refractivity contribution in [3.05, 3.63) is 86.0 Å². The van der Waals surface area contributed by atoms with Gasteiger partial charge in [-0.15, -0.1) is 0 Å². The topological polar surface area (TPSA) is 103 Å². The van der Waals surface area contributed by atoms with E-state index in [0.29, 0.717) is 32.0 Å². The Kier molecular flexibility index (Phi) is 6.82. The first-order valence-corrected chi connectivity index (χ1v) is 11.5. The fourth-order valence-corrected chi connectivity index (χ4v) is 4.65. The van der Waals surface area contributed by atoms with Crippen LogP contribution in [0.15, 0.2) is 63.9 Å². The molecule has 0 bridgehead atoms. The van der Waals surface area contributed by atoms with E-state index in [2.05, 4.69) is 0 Å². The zero-order valence-corrected chi connectivity index (χ0v) is 19.9. The number of benzene rings is 2. The van der Waals surface area contributed by atoms with Crippen LogP contribution in [0.3, 0.4) is 0 Å². The number of furan rings is 1. The van der Waals surface area contributed by atoms with Crippen LogP contribution < -0.4 is 4.90 Å². The summed E-state index contributed by atoms with van der Waals surface area (Å²) < 4.78 is 11.2. The van der Waals surface area contributed by atoms with Crippen molar-refractivity contribution < 1.29 is 23.7 Å². The monoisotopic (exact) mass is 514 g/mol. The van der Waals surface area contributed by atoms with Gasteiger partial charge in [-0.2, -0.15) is 0 Å². The van der Waals surface area contributed by atoms with E-state index >= 15 is 0 Å². The molecular weight excluding hydrogens is 500 g/mol. The van der Waals surface area contributed by atoms with Crippen LogP contribution in [-0.4, -0.2) is 27.7 Å². The lowest BCUT2D eigenvalue weighted by Gasteiger charge is -2.13. The summed E-state index contributed by atoms with van der Waals surface area (Å²) in [6.45, 7) is 1.93. The van der Waals surface area contributed by atoms with E-state index in [1.165, 1.54) is 29.2 Å². The molecule has 1 saturated heterocycles. The van der Waals surface area contributed by atoms with E-state index in [-0.39, 0.29) is 28.8 Å². The highest BCUT2D eigenvalue weighted by molar-refractivity contribution is 8.27. The second-order valence-corrected chi connectivity index (χ2v) is 8.99. The number of hydrogen-bond donors (Lipinski definition) is 0. The first-order valence-electron chi connectivity index (χ1n) is 9.87. The molecule has 1 fully saturated rings. The number of nitro groups is 1. The molecule has 172 valence electrons. The van der Waals surface area contributed by atoms with Crippen LogP contribution in [0, 0.1) is 10.1 Å². The molecule has 8 nitrogen and oxygen atoms in total. The SMILES string of the molecule is CCOC(=O)c1cc(-c2ccc(/C=C3\SC(=S)N(c4ccc([N+](=O)[O-])cc4)C3=O)o2)ccc1Cl. The molecule has 1 aromatic heterocycles. The Labute approximate surface area is 208 Å². The van der Waals surface area contributed by atoms with Crippen molar-refractivity contribution in [2.75, 3.05) is 11.5 Å². The fourth-order valence-electron chi connectivity index (χ4n) is 3.17. The Morgan fingerprint density at radius 1 is 1.24 bits per heavy atom. The molecule has 3 aromatic rings. The van der Waals surface area contributed by atoms with E-state index in [4.69, 9.17) is 33.0 Å². The summed E-state index contributed by atoms with van der Waals surface area (Å²) in [5.41, 5.74) is 1.19. The molecule has 4 rings (SSSR count). The minimum absolute atomic E-state index is 0.0823. The molecule has 0 spiro atoms. The summed E-state index contributed by atoms with van der Waals surface area (Å²) in [6, 6.07) is 13.8. The van der Waals surface area contributed by atoms with Crippen LogP contribution in [0.4, 0.5) is 11.4 Å². The molecule has 0 N–H and O–H groups in total. The Bertz CT molecular complexity index is 1350. The van der Waals surface area contributed by atoms with Gasteiger partial charge in [0.1, 0.15) is 11.5 Å². The van der Waals surface area contributed by atoms with Crippen molar-refractivity contribution in [2.45, 2.75) is 6.92 Å². The van der Waals surface area contributed by atoms with Crippen molar-refractivity contribution >= 4 is 69.2 Å². The van der Waals surface area contributed by atoms with Crippen molar-refractivity contribution in [2.24, 2.45) is 0 Å². The maximum atomic E-state index is 12.9. The van der Waals surface area contributed by atoms with Crippen LogP contribution in [-0.2, 0) is 9.53 Å². The van der Waals surface area contributed by atoms with Gasteiger partial charge >= 0.3 is 5.97 Å². The first kappa shape index (κ1) is 23.7. The number of carbonyl (C=O) groups is 2. The highest BCUT2D eigenvalue weighted by atomic mass is 35.5. The standard InChI is InChI=1S/C23H15ClN2O6S2/c1-2-31-22(28)17-11-13(3-9-18(17)24)19-10-8-16(32-19)12-20-21(27)25(23(33)34-20)14-4-6-15(7-5-14)26(29)30/h3-12H,2H2,1H3/b20-12-. The van der Waals surface area contributed by atoms with Gasteiger partial charge in [0.05, 0.1) is 32.7 Å². The van der Waals surface area contributed by atoms with E-state index < -0.39 is 10.9 Å². The molecule has 0 aliphatic carbocycles. The quantitative estimate of drug-likeness (QED) is 0.128. The average molecular weight is 515 g/mol. The number of carbonyl (C=O) groups excluding carboxylic acids is 2. The van der Waals surface area contributed by atoms with Gasteiger partial charge in [-0.1, -0.05) is 35.6 Å². The smallest absolute Gasteiger partial charge is 0.339 e. The van der Waals surface area contributed by atoms with Crippen molar-refractivity contribution in [1.82, 2.24) is 0 Å². The number of halogens is 1. The molecule has 2 heterocycles. The van der Waals surface area contributed by atoms with Gasteiger partial charge in [-0.05, 0) is 49.4 Å². The molecule has 0 unspecified atom stereocenters. The predicted octanol–water partition coefficient (Wildman–Crippen LogP) is 6.09. The number of nitro benzene ring substituents is 1. The molecule has 34 heavy (non-hydrogen) atoms. The average Bonchev–Trinajstić information content (AvgIpc) is 3.38. The van der Waals surface area contributed by atoms with Gasteiger partial charge in [0.15, 0.2) is 4.32 Å². The molecule has 1 amide bonds. The van der Waals surface area contributed by atoms with Gasteiger partial charge in [0, 0.05) is 23.8 Å². The van der Waals surface area contributed by atoms with E-state index in [9.17, 15) is 19.7 Å². The van der Waals surface area contributed by atoms with Crippen LogP contribution in [0.1, 0.15) is 23.0 Å². The second-order valence-electron chi connectivity index (χ2n) is 6.91.